The van der Waals surface area contributed by atoms with Crippen molar-refractivity contribution in [2.75, 3.05) is 12.4 Å². The van der Waals surface area contributed by atoms with E-state index in [1.54, 1.807) is 0 Å². The van der Waals surface area contributed by atoms with E-state index in [4.69, 9.17) is 0 Å². The van der Waals surface area contributed by atoms with E-state index in [2.05, 4.69) is 48.4 Å². The minimum Gasteiger partial charge on any atom is -0.388 e. The average molecular weight is 200 g/mol. The van der Waals surface area contributed by atoms with Crippen molar-refractivity contribution < 1.29 is 0 Å². The third-order valence-corrected chi connectivity index (χ3v) is 2.61. The van der Waals surface area contributed by atoms with E-state index in [0.717, 1.165) is 16.9 Å². The number of hydrogen-bond acceptors (Lipinski definition) is 2. The Labute approximate surface area is 90.3 Å². The Kier molecular flexibility index (Phi) is 2.58. The molecule has 0 radical (unpaired) electrons. The van der Waals surface area contributed by atoms with E-state index in [0.29, 0.717) is 5.92 Å². The quantitative estimate of drug-likeness (QED) is 0.803. The van der Waals surface area contributed by atoms with Crippen LogP contribution in [-0.4, -0.2) is 12.0 Å². The van der Waals surface area contributed by atoms with Crippen LogP contribution in [0.15, 0.2) is 30.3 Å². The van der Waals surface area contributed by atoms with Gasteiger partial charge in [0.05, 0.1) is 5.52 Å². The van der Waals surface area contributed by atoms with Crippen molar-refractivity contribution in [2.45, 2.75) is 19.8 Å². The molecule has 0 saturated heterocycles. The van der Waals surface area contributed by atoms with Crippen LogP contribution in [0.2, 0.25) is 0 Å². The number of pyridine rings is 1. The molecule has 0 fully saturated rings. The molecule has 0 atom stereocenters. The van der Waals surface area contributed by atoms with Crippen LogP contribution in [0.25, 0.3) is 10.9 Å². The summed E-state index contributed by atoms with van der Waals surface area (Å²) in [6.45, 7) is 4.33. The van der Waals surface area contributed by atoms with Crippen LogP contribution in [0.4, 0.5) is 5.69 Å². The lowest BCUT2D eigenvalue weighted by Gasteiger charge is -2.08. The van der Waals surface area contributed by atoms with Crippen LogP contribution in [-0.2, 0) is 0 Å². The molecule has 2 nitrogen and oxygen atoms in total. The van der Waals surface area contributed by atoms with Gasteiger partial charge in [-0.3, -0.25) is 4.98 Å². The van der Waals surface area contributed by atoms with Crippen molar-refractivity contribution >= 4 is 16.6 Å². The molecule has 0 spiro atoms. The Bertz CT molecular complexity index is 475. The molecule has 15 heavy (non-hydrogen) atoms. The normalized spacial score (nSPS) is 10.9. The van der Waals surface area contributed by atoms with Crippen molar-refractivity contribution in [3.8, 4) is 0 Å². The Morgan fingerprint density at radius 2 is 1.93 bits per heavy atom. The summed E-state index contributed by atoms with van der Waals surface area (Å²) < 4.78 is 0. The molecule has 0 aliphatic carbocycles. The lowest BCUT2D eigenvalue weighted by atomic mass is 10.1. The van der Waals surface area contributed by atoms with Crippen molar-refractivity contribution in [1.82, 2.24) is 4.98 Å². The molecule has 1 heterocycles. The van der Waals surface area contributed by atoms with E-state index < -0.39 is 0 Å². The van der Waals surface area contributed by atoms with Crippen molar-refractivity contribution in [3.05, 3.63) is 36.0 Å². The number of rotatable bonds is 2. The highest BCUT2D eigenvalue weighted by molar-refractivity contribution is 5.91. The highest BCUT2D eigenvalue weighted by Crippen LogP contribution is 2.23. The summed E-state index contributed by atoms with van der Waals surface area (Å²) in [6, 6.07) is 10.4. The summed E-state index contributed by atoms with van der Waals surface area (Å²) in [4.78, 5) is 4.64. The minimum atomic E-state index is 0.479. The maximum atomic E-state index is 4.64. The lowest BCUT2D eigenvalue weighted by Crippen LogP contribution is -1.95. The zero-order chi connectivity index (χ0) is 10.8. The fourth-order valence-electron chi connectivity index (χ4n) is 1.71. The minimum absolute atomic E-state index is 0.479. The SMILES string of the molecule is CNc1cccc2nc(C(C)C)ccc12. The van der Waals surface area contributed by atoms with Gasteiger partial charge in [-0.05, 0) is 30.2 Å². The first kappa shape index (κ1) is 9.97. The average Bonchev–Trinajstić information content (AvgIpc) is 2.27. The smallest absolute Gasteiger partial charge is 0.0726 e. The zero-order valence-corrected chi connectivity index (χ0v) is 9.41. The molecule has 0 aliphatic heterocycles. The molecule has 0 saturated carbocycles. The van der Waals surface area contributed by atoms with Crippen molar-refractivity contribution in [3.63, 3.8) is 0 Å². The largest absolute Gasteiger partial charge is 0.388 e. The zero-order valence-electron chi connectivity index (χ0n) is 9.41. The fraction of sp³-hybridized carbons (Fsp3) is 0.308. The first-order valence-corrected chi connectivity index (χ1v) is 5.30. The number of hydrogen-bond donors (Lipinski definition) is 1. The maximum Gasteiger partial charge on any atom is 0.0726 e. The van der Waals surface area contributed by atoms with Gasteiger partial charge >= 0.3 is 0 Å². The van der Waals surface area contributed by atoms with Crippen molar-refractivity contribution in [2.24, 2.45) is 0 Å². The van der Waals surface area contributed by atoms with Gasteiger partial charge in [-0.2, -0.15) is 0 Å². The van der Waals surface area contributed by atoms with Crippen LogP contribution in [0.1, 0.15) is 25.5 Å². The van der Waals surface area contributed by atoms with Gasteiger partial charge in [0.2, 0.25) is 0 Å². The third-order valence-electron chi connectivity index (χ3n) is 2.61. The van der Waals surface area contributed by atoms with Gasteiger partial charge in [0.1, 0.15) is 0 Å². The first-order chi connectivity index (χ1) is 7.22. The van der Waals surface area contributed by atoms with E-state index in [1.165, 1.54) is 5.39 Å². The molecular formula is C13H16N2. The van der Waals surface area contributed by atoms with Gasteiger partial charge in [-0.15, -0.1) is 0 Å². The second-order valence-corrected chi connectivity index (χ2v) is 4.01. The second-order valence-electron chi connectivity index (χ2n) is 4.01. The van der Waals surface area contributed by atoms with E-state index in [1.807, 2.05) is 13.1 Å². The Morgan fingerprint density at radius 3 is 2.60 bits per heavy atom. The van der Waals surface area contributed by atoms with Gasteiger partial charge in [0, 0.05) is 23.8 Å². The van der Waals surface area contributed by atoms with Crippen LogP contribution in [0.3, 0.4) is 0 Å². The number of fused-ring (bicyclic) bond motifs is 1. The van der Waals surface area contributed by atoms with Gasteiger partial charge in [-0.1, -0.05) is 19.9 Å². The lowest BCUT2D eigenvalue weighted by molar-refractivity contribution is 0.830. The summed E-state index contributed by atoms with van der Waals surface area (Å²) >= 11 is 0. The fourth-order valence-corrected chi connectivity index (χ4v) is 1.71. The number of aromatic nitrogens is 1. The molecule has 1 aromatic heterocycles. The molecule has 2 rings (SSSR count). The highest BCUT2D eigenvalue weighted by atomic mass is 14.8. The molecule has 2 aromatic rings. The van der Waals surface area contributed by atoms with Crippen LogP contribution in [0, 0.1) is 0 Å². The predicted molar refractivity (Wildman–Crippen MR) is 65.4 cm³/mol. The van der Waals surface area contributed by atoms with E-state index in [9.17, 15) is 0 Å². The third kappa shape index (κ3) is 1.80. The molecule has 1 aromatic carbocycles. The molecular weight excluding hydrogens is 184 g/mol. The Hall–Kier alpha value is -1.57. The van der Waals surface area contributed by atoms with E-state index >= 15 is 0 Å². The molecule has 1 N–H and O–H groups in total. The van der Waals surface area contributed by atoms with Crippen LogP contribution < -0.4 is 5.32 Å². The van der Waals surface area contributed by atoms with Gasteiger partial charge in [-0.25, -0.2) is 0 Å². The monoisotopic (exact) mass is 200 g/mol. The summed E-state index contributed by atoms with van der Waals surface area (Å²) in [6.07, 6.45) is 0. The number of nitrogens with one attached hydrogen (secondary N) is 1. The summed E-state index contributed by atoms with van der Waals surface area (Å²) in [7, 11) is 1.94. The standard InChI is InChI=1S/C13H16N2/c1-9(2)11-8-7-10-12(14-3)5-4-6-13(10)15-11/h4-9,14H,1-3H3. The first-order valence-electron chi connectivity index (χ1n) is 5.30. The second kappa shape index (κ2) is 3.89. The molecule has 0 bridgehead atoms. The maximum absolute atomic E-state index is 4.64. The molecule has 78 valence electrons. The highest BCUT2D eigenvalue weighted by Gasteiger charge is 2.04. The van der Waals surface area contributed by atoms with Gasteiger partial charge < -0.3 is 5.32 Å². The van der Waals surface area contributed by atoms with E-state index in [-0.39, 0.29) is 0 Å². The van der Waals surface area contributed by atoms with Crippen LogP contribution in [0.5, 0.6) is 0 Å². The van der Waals surface area contributed by atoms with Crippen LogP contribution >= 0.6 is 0 Å². The topological polar surface area (TPSA) is 24.9 Å². The summed E-state index contributed by atoms with van der Waals surface area (Å²) in [5, 5.41) is 4.36. The van der Waals surface area contributed by atoms with Gasteiger partial charge in [0.25, 0.3) is 0 Å². The Morgan fingerprint density at radius 1 is 1.13 bits per heavy atom. The number of anilines is 1. The molecule has 0 unspecified atom stereocenters. The summed E-state index contributed by atoms with van der Waals surface area (Å²) in [5.74, 6) is 0.479. The molecule has 0 aliphatic rings. The molecule has 0 amide bonds. The number of benzene rings is 1. The van der Waals surface area contributed by atoms with Crippen molar-refractivity contribution in [1.29, 1.82) is 0 Å². The number of nitrogens with zero attached hydrogens (tertiary/aromatic N) is 1. The molecule has 2 heteroatoms. The predicted octanol–water partition coefficient (Wildman–Crippen LogP) is 3.40. The summed E-state index contributed by atoms with van der Waals surface area (Å²) in [5.41, 5.74) is 3.35. The Balaban J connectivity index is 2.63. The van der Waals surface area contributed by atoms with Gasteiger partial charge in [0.15, 0.2) is 0 Å².